The van der Waals surface area contributed by atoms with Crippen molar-refractivity contribution in [1.82, 2.24) is 9.47 Å². The largest absolute Gasteiger partial charge is 0.573 e. The maximum Gasteiger partial charge on any atom is 0.573 e. The van der Waals surface area contributed by atoms with Crippen molar-refractivity contribution in [2.75, 3.05) is 20.6 Å². The Hall–Kier alpha value is -1.54. The zero-order valence-electron chi connectivity index (χ0n) is 11.7. The number of halogens is 3. The summed E-state index contributed by atoms with van der Waals surface area (Å²) in [6.07, 6.45) is -3.83. The SMILES string of the molecule is CN(C)CCCn1c(=N)sc2cc(OC(F)(F)F)ccc21. The zero-order valence-corrected chi connectivity index (χ0v) is 12.5. The number of hydrogen-bond donors (Lipinski definition) is 1. The van der Waals surface area contributed by atoms with Crippen molar-refractivity contribution < 1.29 is 17.9 Å². The molecule has 21 heavy (non-hydrogen) atoms. The highest BCUT2D eigenvalue weighted by molar-refractivity contribution is 7.16. The van der Waals surface area contributed by atoms with Crippen LogP contribution in [0, 0.1) is 5.41 Å². The number of aromatic nitrogens is 1. The molecule has 0 atom stereocenters. The van der Waals surface area contributed by atoms with Gasteiger partial charge in [0.1, 0.15) is 5.75 Å². The first-order valence-corrected chi connectivity index (χ1v) is 7.16. The van der Waals surface area contributed by atoms with Crippen LogP contribution in [0.2, 0.25) is 0 Å². The van der Waals surface area contributed by atoms with E-state index in [9.17, 15) is 13.2 Å². The molecule has 2 aromatic rings. The minimum Gasteiger partial charge on any atom is -0.406 e. The van der Waals surface area contributed by atoms with Gasteiger partial charge in [-0.25, -0.2) is 0 Å². The summed E-state index contributed by atoms with van der Waals surface area (Å²) in [4.78, 5) is 2.38. The van der Waals surface area contributed by atoms with Crippen LogP contribution in [0.15, 0.2) is 18.2 Å². The summed E-state index contributed by atoms with van der Waals surface area (Å²) in [5.41, 5.74) is 0.762. The second-order valence-electron chi connectivity index (χ2n) is 4.89. The van der Waals surface area contributed by atoms with Gasteiger partial charge in [-0.3, -0.25) is 5.41 Å². The van der Waals surface area contributed by atoms with E-state index in [0.29, 0.717) is 16.0 Å². The first-order chi connectivity index (χ1) is 9.76. The fourth-order valence-corrected chi connectivity index (χ4v) is 3.00. The van der Waals surface area contributed by atoms with Crippen LogP contribution in [0.25, 0.3) is 10.2 Å². The van der Waals surface area contributed by atoms with Gasteiger partial charge in [0.25, 0.3) is 0 Å². The van der Waals surface area contributed by atoms with Gasteiger partial charge >= 0.3 is 6.36 Å². The van der Waals surface area contributed by atoms with Crippen LogP contribution >= 0.6 is 11.3 Å². The Kier molecular flexibility index (Phi) is 4.58. The summed E-state index contributed by atoms with van der Waals surface area (Å²) >= 11 is 1.15. The molecule has 0 unspecified atom stereocenters. The number of nitrogens with one attached hydrogen (secondary N) is 1. The number of fused-ring (bicyclic) bond motifs is 1. The lowest BCUT2D eigenvalue weighted by Crippen LogP contribution is -2.19. The van der Waals surface area contributed by atoms with Crippen LogP contribution < -0.4 is 9.54 Å². The molecule has 116 valence electrons. The van der Waals surface area contributed by atoms with Gasteiger partial charge in [0, 0.05) is 6.54 Å². The summed E-state index contributed by atoms with van der Waals surface area (Å²) in [6, 6.07) is 4.18. The quantitative estimate of drug-likeness (QED) is 0.920. The number of aryl methyl sites for hydroxylation is 1. The fraction of sp³-hybridized carbons (Fsp3) is 0.462. The Morgan fingerprint density at radius 1 is 1.33 bits per heavy atom. The minimum absolute atomic E-state index is 0.253. The van der Waals surface area contributed by atoms with Crippen LogP contribution in [0.3, 0.4) is 0 Å². The Morgan fingerprint density at radius 2 is 2.05 bits per heavy atom. The lowest BCUT2D eigenvalue weighted by atomic mass is 10.3. The Balaban J connectivity index is 2.24. The number of hydrogen-bond acceptors (Lipinski definition) is 4. The van der Waals surface area contributed by atoms with E-state index in [4.69, 9.17) is 5.41 Å². The standard InChI is InChI=1S/C13H16F3N3OS/c1-18(2)6-3-7-19-10-5-4-9(20-13(14,15)16)8-11(10)21-12(19)17/h4-5,8,17H,3,6-7H2,1-2H3. The average Bonchev–Trinajstić information content (AvgIpc) is 2.62. The molecule has 0 saturated heterocycles. The van der Waals surface area contributed by atoms with E-state index in [1.54, 1.807) is 10.6 Å². The maximum atomic E-state index is 12.2. The lowest BCUT2D eigenvalue weighted by Gasteiger charge is -2.11. The van der Waals surface area contributed by atoms with E-state index in [1.165, 1.54) is 12.1 Å². The smallest absolute Gasteiger partial charge is 0.406 e. The predicted molar refractivity (Wildman–Crippen MR) is 75.5 cm³/mol. The van der Waals surface area contributed by atoms with Crippen LogP contribution in [-0.4, -0.2) is 36.5 Å². The number of alkyl halides is 3. The number of rotatable bonds is 5. The lowest BCUT2D eigenvalue weighted by molar-refractivity contribution is -0.274. The van der Waals surface area contributed by atoms with Gasteiger partial charge in [-0.15, -0.1) is 13.2 Å². The second-order valence-corrected chi connectivity index (χ2v) is 5.92. The highest BCUT2D eigenvalue weighted by Gasteiger charge is 2.31. The van der Waals surface area contributed by atoms with E-state index >= 15 is 0 Å². The molecule has 1 aromatic carbocycles. The van der Waals surface area contributed by atoms with Crippen LogP contribution in [0.1, 0.15) is 6.42 Å². The van der Waals surface area contributed by atoms with Crippen LogP contribution in [0.4, 0.5) is 13.2 Å². The molecule has 0 amide bonds. The molecule has 2 rings (SSSR count). The topological polar surface area (TPSA) is 41.2 Å². The normalized spacial score (nSPS) is 12.3. The van der Waals surface area contributed by atoms with Crippen molar-refractivity contribution in [3.05, 3.63) is 23.0 Å². The van der Waals surface area contributed by atoms with Gasteiger partial charge in [0.2, 0.25) is 0 Å². The highest BCUT2D eigenvalue weighted by atomic mass is 32.1. The molecule has 0 spiro atoms. The molecule has 0 bridgehead atoms. The molecule has 0 saturated carbocycles. The third kappa shape index (κ3) is 4.21. The number of nitrogens with zero attached hydrogens (tertiary/aromatic N) is 2. The summed E-state index contributed by atoms with van der Waals surface area (Å²) in [7, 11) is 3.94. The molecule has 0 aliphatic rings. The van der Waals surface area contributed by atoms with Crippen LogP contribution in [0.5, 0.6) is 5.75 Å². The van der Waals surface area contributed by atoms with Crippen molar-refractivity contribution in [3.63, 3.8) is 0 Å². The van der Waals surface area contributed by atoms with E-state index in [2.05, 4.69) is 4.74 Å². The summed E-state index contributed by atoms with van der Waals surface area (Å²) < 4.78 is 42.9. The Bertz CT molecular complexity index is 675. The molecular formula is C13H16F3N3OS. The van der Waals surface area contributed by atoms with E-state index in [1.807, 2.05) is 19.0 Å². The third-order valence-electron chi connectivity index (χ3n) is 2.89. The Labute approximate surface area is 123 Å². The molecule has 0 aliphatic carbocycles. The van der Waals surface area contributed by atoms with Gasteiger partial charge in [-0.05, 0) is 45.3 Å². The first kappa shape index (κ1) is 15.8. The van der Waals surface area contributed by atoms with Gasteiger partial charge < -0.3 is 14.2 Å². The predicted octanol–water partition coefficient (Wildman–Crippen LogP) is 3.03. The Morgan fingerprint density at radius 3 is 2.67 bits per heavy atom. The van der Waals surface area contributed by atoms with Gasteiger partial charge in [0.15, 0.2) is 4.80 Å². The second kappa shape index (κ2) is 6.07. The van der Waals surface area contributed by atoms with Crippen molar-refractivity contribution >= 4 is 21.6 Å². The first-order valence-electron chi connectivity index (χ1n) is 6.35. The molecule has 0 radical (unpaired) electrons. The average molecular weight is 319 g/mol. The molecule has 8 heteroatoms. The molecule has 0 aliphatic heterocycles. The van der Waals surface area contributed by atoms with Crippen molar-refractivity contribution in [3.8, 4) is 5.75 Å². The fourth-order valence-electron chi connectivity index (χ4n) is 2.03. The summed E-state index contributed by atoms with van der Waals surface area (Å²) in [5, 5.41) is 7.94. The van der Waals surface area contributed by atoms with Crippen LogP contribution in [-0.2, 0) is 6.54 Å². The molecule has 0 fully saturated rings. The van der Waals surface area contributed by atoms with E-state index in [-0.39, 0.29) is 5.75 Å². The van der Waals surface area contributed by atoms with Crippen molar-refractivity contribution in [1.29, 1.82) is 5.41 Å². The summed E-state index contributed by atoms with van der Waals surface area (Å²) in [5.74, 6) is -0.253. The minimum atomic E-state index is -4.70. The van der Waals surface area contributed by atoms with Gasteiger partial charge in [-0.2, -0.15) is 0 Å². The molecule has 4 nitrogen and oxygen atoms in total. The van der Waals surface area contributed by atoms with E-state index in [0.717, 1.165) is 29.8 Å². The van der Waals surface area contributed by atoms with Gasteiger partial charge in [-0.1, -0.05) is 11.3 Å². The number of ether oxygens (including phenoxy) is 1. The highest BCUT2D eigenvalue weighted by Crippen LogP contribution is 2.27. The monoisotopic (exact) mass is 319 g/mol. The van der Waals surface area contributed by atoms with Crippen molar-refractivity contribution in [2.24, 2.45) is 0 Å². The molecular weight excluding hydrogens is 303 g/mol. The van der Waals surface area contributed by atoms with Gasteiger partial charge in [0.05, 0.1) is 10.2 Å². The maximum absolute atomic E-state index is 12.2. The number of benzene rings is 1. The zero-order chi connectivity index (χ0) is 15.6. The molecule has 1 aromatic heterocycles. The molecule has 1 N–H and O–H groups in total. The van der Waals surface area contributed by atoms with E-state index < -0.39 is 6.36 Å². The number of thiazole rings is 1. The molecule has 1 heterocycles. The van der Waals surface area contributed by atoms with Crippen molar-refractivity contribution in [2.45, 2.75) is 19.3 Å². The summed E-state index contributed by atoms with van der Waals surface area (Å²) in [6.45, 7) is 1.55. The third-order valence-corrected chi connectivity index (χ3v) is 3.86.